The van der Waals surface area contributed by atoms with Crippen LogP contribution < -0.4 is 16.0 Å². The lowest BCUT2D eigenvalue weighted by Crippen LogP contribution is -2.59. The molecule has 0 aliphatic carbocycles. The summed E-state index contributed by atoms with van der Waals surface area (Å²) in [5, 5.41) is 10.8. The van der Waals surface area contributed by atoms with Gasteiger partial charge in [-0.3, -0.25) is 0 Å². The van der Waals surface area contributed by atoms with Crippen LogP contribution in [-0.2, 0) is 19.1 Å². The van der Waals surface area contributed by atoms with Crippen LogP contribution in [0.5, 0.6) is 0 Å². The highest BCUT2D eigenvalue weighted by Gasteiger charge is 2.43. The van der Waals surface area contributed by atoms with E-state index in [1.807, 2.05) is 0 Å². The molecule has 12 nitrogen and oxygen atoms in total. The fourth-order valence-corrected chi connectivity index (χ4v) is 8.45. The van der Waals surface area contributed by atoms with Crippen molar-refractivity contribution in [3.05, 3.63) is 0 Å². The molecule has 0 amide bonds. The monoisotopic (exact) mass is 685 g/mol. The fraction of sp³-hybridized carbons (Fsp3) is 0.811. The van der Waals surface area contributed by atoms with Crippen molar-refractivity contribution < 1.29 is 19.1 Å². The highest BCUT2D eigenvalue weighted by Crippen LogP contribution is 2.37. The van der Waals surface area contributed by atoms with Crippen LogP contribution in [-0.4, -0.2) is 79.2 Å². The largest absolute Gasteiger partial charge is 0.461 e. The van der Waals surface area contributed by atoms with Crippen LogP contribution in [0.3, 0.4) is 0 Å². The predicted octanol–water partition coefficient (Wildman–Crippen LogP) is 6.88. The van der Waals surface area contributed by atoms with E-state index in [9.17, 15) is 9.59 Å². The van der Waals surface area contributed by atoms with E-state index in [0.717, 1.165) is 6.42 Å². The van der Waals surface area contributed by atoms with E-state index in [0.29, 0.717) is 25.7 Å². The van der Waals surface area contributed by atoms with Gasteiger partial charge in [0.05, 0.1) is 13.2 Å². The Hall–Kier alpha value is -2.99. The third-order valence-corrected chi connectivity index (χ3v) is 8.60. The molecule has 3 heterocycles. The molecule has 2 aliphatic rings. The molecule has 0 saturated carbocycles. The van der Waals surface area contributed by atoms with E-state index in [1.54, 1.807) is 13.8 Å². The van der Waals surface area contributed by atoms with E-state index in [2.05, 4.69) is 111 Å². The lowest BCUT2D eigenvalue weighted by molar-refractivity contribution is -0.136. The highest BCUT2D eigenvalue weighted by atomic mass is 16.5. The molecule has 49 heavy (non-hydrogen) atoms. The normalized spacial score (nSPS) is 21.6. The molecule has 3 N–H and O–H groups in total. The number of carbonyl (C=O) groups is 2. The quantitative estimate of drug-likeness (QED) is 0.166. The second-order valence-corrected chi connectivity index (χ2v) is 18.4. The van der Waals surface area contributed by atoms with E-state index >= 15 is 0 Å². The van der Waals surface area contributed by atoms with Gasteiger partial charge in [0, 0.05) is 39.5 Å². The van der Waals surface area contributed by atoms with Crippen LogP contribution in [0, 0.1) is 17.3 Å². The molecular formula is C37H64N8O4. The molecule has 0 aromatic carbocycles. The first-order valence-corrected chi connectivity index (χ1v) is 17.9. The number of aromatic nitrogens is 3. The number of aliphatic imine (C=N–C) groups is 2. The summed E-state index contributed by atoms with van der Waals surface area (Å²) in [7, 11) is 0. The van der Waals surface area contributed by atoms with Crippen LogP contribution in [0.15, 0.2) is 9.98 Å². The number of hydrogen-bond acceptors (Lipinski definition) is 12. The number of esters is 2. The molecule has 3 rings (SSSR count). The Kier molecular flexibility index (Phi) is 12.1. The van der Waals surface area contributed by atoms with Crippen molar-refractivity contribution in [1.29, 1.82) is 0 Å². The lowest BCUT2D eigenvalue weighted by atomic mass is 9.74. The van der Waals surface area contributed by atoms with Gasteiger partial charge in [-0.2, -0.15) is 15.0 Å². The second-order valence-electron chi connectivity index (χ2n) is 18.4. The Labute approximate surface area is 294 Å². The van der Waals surface area contributed by atoms with E-state index in [1.165, 1.54) is 0 Å². The summed E-state index contributed by atoms with van der Waals surface area (Å²) in [5.41, 5.74) is -0.863. The first kappa shape index (κ1) is 40.4. The first-order valence-electron chi connectivity index (χ1n) is 17.9. The van der Waals surface area contributed by atoms with Gasteiger partial charge in [-0.25, -0.2) is 19.6 Å². The van der Waals surface area contributed by atoms with Crippen LogP contribution in [0.1, 0.15) is 136 Å². The average Bonchev–Trinajstić information content (AvgIpc) is 2.85. The maximum absolute atomic E-state index is 13.5. The van der Waals surface area contributed by atoms with E-state index in [-0.39, 0.29) is 81.9 Å². The average molecular weight is 685 g/mol. The van der Waals surface area contributed by atoms with Crippen molar-refractivity contribution in [3.63, 3.8) is 0 Å². The molecule has 2 aliphatic heterocycles. The number of nitrogens with one attached hydrogen (secondary N) is 3. The highest BCUT2D eigenvalue weighted by molar-refractivity contribution is 6.38. The van der Waals surface area contributed by atoms with Gasteiger partial charge in [-0.05, 0) is 121 Å². The summed E-state index contributed by atoms with van der Waals surface area (Å²) in [5.74, 6) is -1.12. The maximum Gasteiger partial charge on any atom is 0.353 e. The number of ether oxygens (including phenoxy) is 2. The van der Waals surface area contributed by atoms with E-state index in [4.69, 9.17) is 29.4 Å². The Morgan fingerprint density at radius 2 is 1.04 bits per heavy atom. The van der Waals surface area contributed by atoms with Crippen LogP contribution in [0.4, 0.5) is 17.8 Å². The summed E-state index contributed by atoms with van der Waals surface area (Å²) in [4.78, 5) is 50.8. The predicted molar refractivity (Wildman–Crippen MR) is 197 cm³/mol. The number of piperidine rings is 2. The molecule has 1 aromatic heterocycles. The van der Waals surface area contributed by atoms with Crippen molar-refractivity contribution >= 4 is 41.2 Å². The Balaban J connectivity index is 2.26. The molecule has 0 atom stereocenters. The minimum absolute atomic E-state index is 0.0168. The smallest absolute Gasteiger partial charge is 0.353 e. The summed E-state index contributed by atoms with van der Waals surface area (Å²) >= 11 is 0. The standard InChI is InChI=1S/C37H64N8O4/c1-16-48-27(46)25(23-18-33(6,7)44-34(8,9)19-23)38-29-40-30(42-31(41-29)43-37(14,15)22-32(3,4)5)39-26(28(47)49-17-2)24-20-35(10,11)45-36(12,13)21-24/h23-24,44-45H,16-22H2,1-15H3,(H,40,41,42,43). The zero-order valence-corrected chi connectivity index (χ0v) is 33.0. The van der Waals surface area contributed by atoms with Crippen LogP contribution in [0.2, 0.25) is 0 Å². The summed E-state index contributed by atoms with van der Waals surface area (Å²) in [6.45, 7) is 31.7. The Morgan fingerprint density at radius 3 is 1.35 bits per heavy atom. The Bertz CT molecular complexity index is 1300. The number of hydrogen-bond donors (Lipinski definition) is 3. The third kappa shape index (κ3) is 12.4. The van der Waals surface area contributed by atoms with Crippen molar-refractivity contribution in [1.82, 2.24) is 25.6 Å². The van der Waals surface area contributed by atoms with Crippen molar-refractivity contribution in [3.8, 4) is 0 Å². The molecule has 2 saturated heterocycles. The van der Waals surface area contributed by atoms with E-state index < -0.39 is 17.5 Å². The van der Waals surface area contributed by atoms with Crippen LogP contribution >= 0.6 is 0 Å². The first-order chi connectivity index (χ1) is 22.2. The van der Waals surface area contributed by atoms with Gasteiger partial charge in [0.15, 0.2) is 0 Å². The molecule has 0 unspecified atom stereocenters. The summed E-state index contributed by atoms with van der Waals surface area (Å²) in [6.07, 6.45) is 3.48. The molecule has 0 bridgehead atoms. The van der Waals surface area contributed by atoms with Crippen molar-refractivity contribution in [2.24, 2.45) is 27.2 Å². The van der Waals surface area contributed by atoms with Gasteiger partial charge < -0.3 is 25.4 Å². The zero-order chi connectivity index (χ0) is 37.2. The molecule has 2 fully saturated rings. The zero-order valence-electron chi connectivity index (χ0n) is 33.0. The van der Waals surface area contributed by atoms with Gasteiger partial charge in [-0.15, -0.1) is 0 Å². The van der Waals surface area contributed by atoms with Gasteiger partial charge in [0.2, 0.25) is 5.95 Å². The molecule has 276 valence electrons. The lowest BCUT2D eigenvalue weighted by Gasteiger charge is -2.46. The SMILES string of the molecule is CCOC(=O)C(=Nc1nc(N=C(C(=O)OCC)C2CC(C)(C)NC(C)(C)C2)nc(NC(C)(C)CC(C)(C)C)n1)C1CC(C)(C)NC(C)(C)C1. The second kappa shape index (κ2) is 14.7. The number of rotatable bonds is 11. The minimum atomic E-state index is -0.500. The fourth-order valence-electron chi connectivity index (χ4n) is 8.45. The number of anilines is 1. The van der Waals surface area contributed by atoms with Crippen molar-refractivity contribution in [2.75, 3.05) is 18.5 Å². The van der Waals surface area contributed by atoms with Crippen molar-refractivity contribution in [2.45, 2.75) is 164 Å². The number of nitrogens with zero attached hydrogens (tertiary/aromatic N) is 5. The third-order valence-electron chi connectivity index (χ3n) is 8.60. The molecule has 0 radical (unpaired) electrons. The van der Waals surface area contributed by atoms with Gasteiger partial charge in [0.25, 0.3) is 11.9 Å². The summed E-state index contributed by atoms with van der Waals surface area (Å²) < 4.78 is 11.1. The maximum atomic E-state index is 13.5. The van der Waals surface area contributed by atoms with Gasteiger partial charge in [-0.1, -0.05) is 20.8 Å². The molecule has 12 heteroatoms. The summed E-state index contributed by atoms with van der Waals surface area (Å²) in [6, 6.07) is 0. The molecule has 0 spiro atoms. The molecule has 1 aromatic rings. The van der Waals surface area contributed by atoms with Gasteiger partial charge >= 0.3 is 11.9 Å². The minimum Gasteiger partial charge on any atom is -0.461 e. The Morgan fingerprint density at radius 1 is 0.694 bits per heavy atom. The van der Waals surface area contributed by atoms with Gasteiger partial charge in [0.1, 0.15) is 11.4 Å². The van der Waals surface area contributed by atoms with Crippen LogP contribution in [0.25, 0.3) is 0 Å². The topological polar surface area (TPSA) is 152 Å². The number of carbonyl (C=O) groups excluding carboxylic acids is 2. The molecular weight excluding hydrogens is 620 g/mol.